The normalized spacial score (nSPS) is 16.3. The van der Waals surface area contributed by atoms with Crippen molar-refractivity contribution in [1.82, 2.24) is 25.8 Å². The number of nitrogens with one attached hydrogen (secondary N) is 3. The standard InChI is InChI=1S/C47H57N9O9/c1-25-33(23-50)39(28-10-12-30(13-11-28)47(3,4)5)55-42(51)38(25)44(60)52-24-37(57)56(6)40-29-21-32(41(58)36(22-29)65-18-8-16-49)31-19-27(9-14-35(31)64-17-7-15-48)20-34(46(62)63)54-43(59)26(2)53-45(40)61/h9-14,19,21-22,26,34,40,58H,7-8,15-18,20,24,48-49H2,1-6H3,(H2,51,55)(H,52,60)(H,53,61)(H,54,59)(H,62,63)/t26-,34-,40-/m0/s1. The Bertz CT molecular complexity index is 2500. The van der Waals surface area contributed by atoms with Gasteiger partial charge in [0.2, 0.25) is 17.7 Å². The molecular weight excluding hydrogens is 835 g/mol. The van der Waals surface area contributed by atoms with E-state index in [1.54, 1.807) is 25.1 Å². The van der Waals surface area contributed by atoms with Crippen LogP contribution in [0.15, 0.2) is 54.6 Å². The number of carbonyl (C=O) groups is 5. The van der Waals surface area contributed by atoms with E-state index in [-0.39, 0.29) is 93.7 Å². The van der Waals surface area contributed by atoms with Crippen molar-refractivity contribution in [2.75, 3.05) is 45.6 Å². The molecule has 3 atom stereocenters. The number of nitrogen functional groups attached to an aromatic ring is 1. The number of hydrogen-bond donors (Lipinski definition) is 8. The lowest BCUT2D eigenvalue weighted by molar-refractivity contribution is -0.142. The number of amides is 4. The molecule has 4 aromatic rings. The minimum atomic E-state index is -1.54. The van der Waals surface area contributed by atoms with Gasteiger partial charge >= 0.3 is 5.97 Å². The second-order valence-electron chi connectivity index (χ2n) is 16.8. The number of carboxylic acids is 1. The number of nitriles is 1. The van der Waals surface area contributed by atoms with Crippen LogP contribution in [0.1, 0.15) is 84.8 Å². The number of carboxylic acid groups (broad SMARTS) is 1. The number of fused-ring (bicyclic) bond motifs is 5. The molecule has 4 bridgehead atoms. The molecule has 65 heavy (non-hydrogen) atoms. The number of hydrogen-bond acceptors (Lipinski definition) is 13. The third kappa shape index (κ3) is 11.3. The number of nitrogens with zero attached hydrogens (tertiary/aromatic N) is 3. The average Bonchev–Trinajstić information content (AvgIpc) is 3.25. The summed E-state index contributed by atoms with van der Waals surface area (Å²) in [4.78, 5) is 73.7. The van der Waals surface area contributed by atoms with Crippen molar-refractivity contribution in [3.05, 3.63) is 88.0 Å². The summed E-state index contributed by atoms with van der Waals surface area (Å²) in [6, 6.07) is 13.1. The summed E-state index contributed by atoms with van der Waals surface area (Å²) in [5.74, 6) is -4.92. The predicted octanol–water partition coefficient (Wildman–Crippen LogP) is 3.20. The number of anilines is 1. The Balaban J connectivity index is 1.56. The van der Waals surface area contributed by atoms with Crippen molar-refractivity contribution in [3.8, 4) is 45.7 Å². The van der Waals surface area contributed by atoms with Crippen LogP contribution in [0.5, 0.6) is 17.2 Å². The largest absolute Gasteiger partial charge is 0.504 e. The molecule has 2 heterocycles. The summed E-state index contributed by atoms with van der Waals surface area (Å²) in [5, 5.41) is 39.7. The Morgan fingerprint density at radius 1 is 0.954 bits per heavy atom. The van der Waals surface area contributed by atoms with Gasteiger partial charge in [0.25, 0.3) is 5.91 Å². The zero-order chi connectivity index (χ0) is 47.7. The molecule has 3 aromatic carbocycles. The highest BCUT2D eigenvalue weighted by Gasteiger charge is 2.35. The topological polar surface area (TPSA) is 298 Å². The lowest BCUT2D eigenvalue weighted by Gasteiger charge is -2.30. The smallest absolute Gasteiger partial charge is 0.326 e. The number of likely N-dealkylation sites (N-methyl/N-ethyl adjacent to an activating group) is 1. The maximum atomic E-state index is 14.4. The van der Waals surface area contributed by atoms with Gasteiger partial charge in [-0.05, 0) is 91.7 Å². The maximum absolute atomic E-state index is 14.4. The van der Waals surface area contributed by atoms with Crippen molar-refractivity contribution in [3.63, 3.8) is 0 Å². The Morgan fingerprint density at radius 2 is 1.60 bits per heavy atom. The number of pyridine rings is 1. The fourth-order valence-electron chi connectivity index (χ4n) is 7.32. The van der Waals surface area contributed by atoms with Gasteiger partial charge in [0.15, 0.2) is 11.5 Å². The summed E-state index contributed by atoms with van der Waals surface area (Å²) in [6.45, 7) is 9.33. The van der Waals surface area contributed by atoms with Gasteiger partial charge in [-0.15, -0.1) is 0 Å². The molecule has 1 aromatic heterocycles. The lowest BCUT2D eigenvalue weighted by Crippen LogP contribution is -2.53. The van der Waals surface area contributed by atoms with E-state index in [4.69, 9.17) is 26.7 Å². The highest BCUT2D eigenvalue weighted by molar-refractivity contribution is 6.03. The van der Waals surface area contributed by atoms with Gasteiger partial charge in [-0.2, -0.15) is 5.26 Å². The number of phenolic OH excluding ortho intramolecular Hbond substituents is 1. The number of aromatic hydroxyl groups is 1. The molecule has 0 saturated heterocycles. The number of aromatic nitrogens is 1. The van der Waals surface area contributed by atoms with E-state index in [0.29, 0.717) is 30.5 Å². The zero-order valence-corrected chi connectivity index (χ0v) is 37.4. The molecule has 18 nitrogen and oxygen atoms in total. The molecule has 1 aliphatic heterocycles. The SMILES string of the molecule is Cc1c(C#N)c(-c2ccc(C(C)(C)C)cc2)nc(N)c1C(=O)NCC(=O)N(C)[C@@H]1C(=O)N[C@@H](C)C(=O)N[C@H](C(=O)O)Cc2ccc(OCCCN)c(c2)-c2cc1cc(OCCCN)c2O. The Hall–Kier alpha value is -7.23. The van der Waals surface area contributed by atoms with Gasteiger partial charge < -0.3 is 57.7 Å². The van der Waals surface area contributed by atoms with Crippen LogP contribution in [0.3, 0.4) is 0 Å². The summed E-state index contributed by atoms with van der Waals surface area (Å²) in [7, 11) is 1.31. The fraction of sp³-hybridized carbons (Fsp3) is 0.383. The molecule has 0 aliphatic carbocycles. The van der Waals surface area contributed by atoms with E-state index in [1.807, 2.05) is 24.3 Å². The minimum absolute atomic E-state index is 0.0669. The highest BCUT2D eigenvalue weighted by Crippen LogP contribution is 2.45. The van der Waals surface area contributed by atoms with Crippen LogP contribution in [0.25, 0.3) is 22.4 Å². The monoisotopic (exact) mass is 891 g/mol. The summed E-state index contributed by atoms with van der Waals surface area (Å²) < 4.78 is 12.1. The van der Waals surface area contributed by atoms with E-state index in [9.17, 15) is 39.4 Å². The van der Waals surface area contributed by atoms with Crippen LogP contribution in [-0.4, -0.2) is 102 Å². The molecule has 1 aliphatic rings. The third-order valence-corrected chi connectivity index (χ3v) is 11.0. The molecule has 5 rings (SSSR count). The summed E-state index contributed by atoms with van der Waals surface area (Å²) in [6.07, 6.45) is 0.714. The van der Waals surface area contributed by atoms with Gasteiger partial charge in [0, 0.05) is 30.2 Å². The molecule has 0 unspecified atom stereocenters. The van der Waals surface area contributed by atoms with Crippen molar-refractivity contribution < 1.29 is 43.7 Å². The van der Waals surface area contributed by atoms with Crippen molar-refractivity contribution in [2.24, 2.45) is 11.5 Å². The Morgan fingerprint density at radius 3 is 2.20 bits per heavy atom. The summed E-state index contributed by atoms with van der Waals surface area (Å²) >= 11 is 0. The number of ether oxygens (including phenoxy) is 2. The zero-order valence-electron chi connectivity index (χ0n) is 37.4. The first-order valence-corrected chi connectivity index (χ1v) is 21.2. The van der Waals surface area contributed by atoms with E-state index in [0.717, 1.165) is 10.5 Å². The van der Waals surface area contributed by atoms with Crippen molar-refractivity contribution in [1.29, 1.82) is 5.26 Å². The van der Waals surface area contributed by atoms with E-state index >= 15 is 0 Å². The molecule has 11 N–H and O–H groups in total. The van der Waals surface area contributed by atoms with Gasteiger partial charge in [-0.25, -0.2) is 9.78 Å². The molecule has 18 heteroatoms. The van der Waals surface area contributed by atoms with Crippen LogP contribution in [0.2, 0.25) is 0 Å². The number of rotatable bonds is 14. The second kappa shape index (κ2) is 21.0. The molecular formula is C47H57N9O9. The summed E-state index contributed by atoms with van der Waals surface area (Å²) in [5.41, 5.74) is 20.9. The minimum Gasteiger partial charge on any atom is -0.504 e. The number of phenols is 1. The molecule has 0 radical (unpaired) electrons. The number of nitrogens with two attached hydrogens (primary N) is 3. The van der Waals surface area contributed by atoms with Gasteiger partial charge in [0.05, 0.1) is 36.6 Å². The first-order chi connectivity index (χ1) is 30.8. The predicted molar refractivity (Wildman–Crippen MR) is 243 cm³/mol. The lowest BCUT2D eigenvalue weighted by atomic mass is 9.86. The molecule has 0 spiro atoms. The van der Waals surface area contributed by atoms with Crippen LogP contribution in [0.4, 0.5) is 5.82 Å². The van der Waals surface area contributed by atoms with Crippen LogP contribution >= 0.6 is 0 Å². The van der Waals surface area contributed by atoms with Crippen LogP contribution < -0.4 is 42.6 Å². The highest BCUT2D eigenvalue weighted by atomic mass is 16.5. The first-order valence-electron chi connectivity index (χ1n) is 21.2. The van der Waals surface area contributed by atoms with Gasteiger partial charge in [-0.1, -0.05) is 51.1 Å². The fourth-order valence-corrected chi connectivity index (χ4v) is 7.32. The number of benzene rings is 3. The van der Waals surface area contributed by atoms with E-state index in [1.165, 1.54) is 26.1 Å². The van der Waals surface area contributed by atoms with Crippen molar-refractivity contribution in [2.45, 2.75) is 77.4 Å². The number of aliphatic carboxylic acids is 1. The first kappa shape index (κ1) is 48.8. The van der Waals surface area contributed by atoms with Crippen LogP contribution in [0, 0.1) is 18.3 Å². The van der Waals surface area contributed by atoms with Gasteiger partial charge in [-0.3, -0.25) is 19.2 Å². The van der Waals surface area contributed by atoms with Crippen LogP contribution in [-0.2, 0) is 31.0 Å². The van der Waals surface area contributed by atoms with Crippen molar-refractivity contribution >= 4 is 35.4 Å². The average molecular weight is 892 g/mol. The molecule has 0 fully saturated rings. The molecule has 344 valence electrons. The third-order valence-electron chi connectivity index (χ3n) is 11.0. The van der Waals surface area contributed by atoms with E-state index < -0.39 is 54.3 Å². The van der Waals surface area contributed by atoms with E-state index in [2.05, 4.69) is 47.8 Å². The number of carbonyl (C=O) groups excluding carboxylic acids is 4. The Labute approximate surface area is 377 Å². The molecule has 0 saturated carbocycles. The Kier molecular flexibility index (Phi) is 15.7. The second-order valence-corrected chi connectivity index (χ2v) is 16.8. The molecule has 4 amide bonds. The van der Waals surface area contributed by atoms with Gasteiger partial charge in [0.1, 0.15) is 35.8 Å². The maximum Gasteiger partial charge on any atom is 0.326 e. The quantitative estimate of drug-likeness (QED) is 0.0844.